The molecule has 0 saturated carbocycles. The molecule has 1 atom stereocenters. The standard InChI is InChI=1S/C12H14N3/c1-9(12-10(2)13-15-14-12)8-11-6-4-3-5-7-11/h3-7,9H,2,8H2,1H3,(H,13,14,15). The van der Waals surface area contributed by atoms with Crippen LogP contribution in [0, 0.1) is 6.92 Å². The van der Waals surface area contributed by atoms with E-state index in [9.17, 15) is 0 Å². The first-order chi connectivity index (χ1) is 7.27. The molecule has 3 heteroatoms. The van der Waals surface area contributed by atoms with E-state index in [1.807, 2.05) is 6.07 Å². The lowest BCUT2D eigenvalue weighted by atomic mass is 9.97. The fraction of sp³-hybridized carbons (Fsp3) is 0.250. The maximum Gasteiger partial charge on any atom is 0.0863 e. The molecule has 2 rings (SSSR count). The van der Waals surface area contributed by atoms with Gasteiger partial charge in [0.25, 0.3) is 0 Å². The monoisotopic (exact) mass is 200 g/mol. The summed E-state index contributed by atoms with van der Waals surface area (Å²) in [7, 11) is 0. The summed E-state index contributed by atoms with van der Waals surface area (Å²) in [6.45, 7) is 5.99. The summed E-state index contributed by atoms with van der Waals surface area (Å²) in [6.07, 6.45) is 0.979. The van der Waals surface area contributed by atoms with E-state index in [2.05, 4.69) is 53.5 Å². The second-order valence-corrected chi connectivity index (χ2v) is 3.76. The molecule has 0 amide bonds. The number of rotatable bonds is 3. The van der Waals surface area contributed by atoms with Crippen molar-refractivity contribution in [3.8, 4) is 0 Å². The molecule has 1 aromatic heterocycles. The van der Waals surface area contributed by atoms with Crippen LogP contribution in [0.25, 0.3) is 0 Å². The smallest absolute Gasteiger partial charge is 0.0863 e. The summed E-state index contributed by atoms with van der Waals surface area (Å²) >= 11 is 0. The Bertz CT molecular complexity index is 419. The summed E-state index contributed by atoms with van der Waals surface area (Å²) in [5, 5.41) is 10.5. The summed E-state index contributed by atoms with van der Waals surface area (Å²) in [5.41, 5.74) is 3.09. The van der Waals surface area contributed by atoms with Crippen molar-refractivity contribution in [3.05, 3.63) is 54.2 Å². The van der Waals surface area contributed by atoms with Crippen LogP contribution >= 0.6 is 0 Å². The Hall–Kier alpha value is -1.64. The highest BCUT2D eigenvalue weighted by Gasteiger charge is 2.11. The fourth-order valence-corrected chi connectivity index (χ4v) is 1.72. The SMILES string of the molecule is [CH2]c1nn[nH]c1C(C)Cc1ccccc1. The topological polar surface area (TPSA) is 41.6 Å². The van der Waals surface area contributed by atoms with Crippen LogP contribution in [0.5, 0.6) is 0 Å². The second-order valence-electron chi connectivity index (χ2n) is 3.76. The molecule has 15 heavy (non-hydrogen) atoms. The van der Waals surface area contributed by atoms with Gasteiger partial charge in [-0.15, -0.1) is 5.10 Å². The molecule has 0 aliphatic heterocycles. The van der Waals surface area contributed by atoms with Crippen molar-refractivity contribution in [1.29, 1.82) is 0 Å². The van der Waals surface area contributed by atoms with Gasteiger partial charge in [0.15, 0.2) is 0 Å². The number of nitrogens with zero attached hydrogens (tertiary/aromatic N) is 2. The van der Waals surface area contributed by atoms with Crippen molar-refractivity contribution in [2.45, 2.75) is 19.3 Å². The minimum Gasteiger partial charge on any atom is -0.262 e. The first-order valence-electron chi connectivity index (χ1n) is 5.04. The Morgan fingerprint density at radius 3 is 2.67 bits per heavy atom. The van der Waals surface area contributed by atoms with E-state index in [1.165, 1.54) is 5.56 Å². The summed E-state index contributed by atoms with van der Waals surface area (Å²) in [4.78, 5) is 0. The van der Waals surface area contributed by atoms with Gasteiger partial charge in [-0.2, -0.15) is 0 Å². The fourth-order valence-electron chi connectivity index (χ4n) is 1.72. The minimum absolute atomic E-state index is 0.370. The maximum atomic E-state index is 3.86. The molecule has 0 spiro atoms. The predicted molar refractivity (Wildman–Crippen MR) is 59.4 cm³/mol. The van der Waals surface area contributed by atoms with E-state index in [0.29, 0.717) is 5.92 Å². The van der Waals surface area contributed by atoms with E-state index >= 15 is 0 Å². The van der Waals surface area contributed by atoms with Crippen molar-refractivity contribution in [2.75, 3.05) is 0 Å². The van der Waals surface area contributed by atoms with Gasteiger partial charge >= 0.3 is 0 Å². The Labute approximate surface area is 89.5 Å². The van der Waals surface area contributed by atoms with Crippen molar-refractivity contribution in [2.24, 2.45) is 0 Å². The molecule has 0 fully saturated rings. The highest BCUT2D eigenvalue weighted by molar-refractivity contribution is 5.21. The zero-order chi connectivity index (χ0) is 10.7. The van der Waals surface area contributed by atoms with Gasteiger partial charge < -0.3 is 0 Å². The molecule has 0 aliphatic carbocycles. The predicted octanol–water partition coefficient (Wildman–Crippen LogP) is 2.33. The Morgan fingerprint density at radius 2 is 2.07 bits per heavy atom. The number of aromatic nitrogens is 3. The average molecular weight is 200 g/mol. The maximum absolute atomic E-state index is 3.86. The molecule has 1 radical (unpaired) electrons. The average Bonchev–Trinajstić information content (AvgIpc) is 2.66. The number of benzene rings is 1. The number of hydrogen-bond donors (Lipinski definition) is 1. The minimum atomic E-state index is 0.370. The van der Waals surface area contributed by atoms with E-state index < -0.39 is 0 Å². The molecule has 1 heterocycles. The third kappa shape index (κ3) is 2.24. The number of H-pyrrole nitrogens is 1. The molecular weight excluding hydrogens is 186 g/mol. The third-order valence-electron chi connectivity index (χ3n) is 2.53. The molecule has 1 aromatic carbocycles. The van der Waals surface area contributed by atoms with E-state index in [1.54, 1.807) is 0 Å². The molecule has 1 unspecified atom stereocenters. The third-order valence-corrected chi connectivity index (χ3v) is 2.53. The van der Waals surface area contributed by atoms with Crippen LogP contribution in [-0.4, -0.2) is 15.4 Å². The zero-order valence-electron chi connectivity index (χ0n) is 8.77. The number of aromatic amines is 1. The quantitative estimate of drug-likeness (QED) is 0.826. The van der Waals surface area contributed by atoms with Gasteiger partial charge in [-0.1, -0.05) is 42.5 Å². The van der Waals surface area contributed by atoms with Gasteiger partial charge in [0, 0.05) is 5.92 Å². The van der Waals surface area contributed by atoms with Gasteiger partial charge in [0.05, 0.1) is 11.4 Å². The van der Waals surface area contributed by atoms with Gasteiger partial charge in [-0.05, 0) is 18.9 Å². The van der Waals surface area contributed by atoms with Crippen LogP contribution in [0.4, 0.5) is 0 Å². The summed E-state index contributed by atoms with van der Waals surface area (Å²) in [6, 6.07) is 10.4. The lowest BCUT2D eigenvalue weighted by molar-refractivity contribution is 0.722. The summed E-state index contributed by atoms with van der Waals surface area (Å²) < 4.78 is 0. The van der Waals surface area contributed by atoms with Gasteiger partial charge in [0.1, 0.15) is 0 Å². The van der Waals surface area contributed by atoms with Crippen molar-refractivity contribution in [3.63, 3.8) is 0 Å². The van der Waals surface area contributed by atoms with E-state index in [0.717, 1.165) is 17.8 Å². The van der Waals surface area contributed by atoms with Crippen LogP contribution in [0.1, 0.15) is 29.8 Å². The van der Waals surface area contributed by atoms with E-state index in [4.69, 9.17) is 0 Å². The first kappa shape index (κ1) is 9.90. The van der Waals surface area contributed by atoms with Crippen LogP contribution in [0.2, 0.25) is 0 Å². The first-order valence-corrected chi connectivity index (χ1v) is 5.04. The summed E-state index contributed by atoms with van der Waals surface area (Å²) in [5.74, 6) is 0.370. The zero-order valence-corrected chi connectivity index (χ0v) is 8.77. The normalized spacial score (nSPS) is 12.7. The number of hydrogen-bond acceptors (Lipinski definition) is 2. The lowest BCUT2D eigenvalue weighted by Gasteiger charge is -2.09. The lowest BCUT2D eigenvalue weighted by Crippen LogP contribution is -2.00. The Balaban J connectivity index is 2.11. The second kappa shape index (κ2) is 4.26. The van der Waals surface area contributed by atoms with Crippen LogP contribution in [0.3, 0.4) is 0 Å². The highest BCUT2D eigenvalue weighted by Crippen LogP contribution is 2.19. The molecule has 3 nitrogen and oxygen atoms in total. The molecule has 77 valence electrons. The van der Waals surface area contributed by atoms with Gasteiger partial charge in [0.2, 0.25) is 0 Å². The number of nitrogens with one attached hydrogen (secondary N) is 1. The van der Waals surface area contributed by atoms with Crippen molar-refractivity contribution in [1.82, 2.24) is 15.4 Å². The largest absolute Gasteiger partial charge is 0.262 e. The molecule has 1 N–H and O–H groups in total. The molecule has 0 saturated heterocycles. The Morgan fingerprint density at radius 1 is 1.33 bits per heavy atom. The van der Waals surface area contributed by atoms with Gasteiger partial charge in [-0.3, -0.25) is 5.10 Å². The molecule has 0 bridgehead atoms. The van der Waals surface area contributed by atoms with Crippen molar-refractivity contribution < 1.29 is 0 Å². The van der Waals surface area contributed by atoms with Crippen LogP contribution < -0.4 is 0 Å². The molecule has 0 aliphatic rings. The van der Waals surface area contributed by atoms with Gasteiger partial charge in [-0.25, -0.2) is 0 Å². The van der Waals surface area contributed by atoms with Crippen LogP contribution in [0.15, 0.2) is 30.3 Å². The van der Waals surface area contributed by atoms with Crippen molar-refractivity contribution >= 4 is 0 Å². The highest BCUT2D eigenvalue weighted by atomic mass is 15.3. The molecular formula is C12H14N3. The molecule has 2 aromatic rings. The van der Waals surface area contributed by atoms with Crippen LogP contribution in [-0.2, 0) is 6.42 Å². The Kier molecular flexibility index (Phi) is 2.81. The van der Waals surface area contributed by atoms with E-state index in [-0.39, 0.29) is 0 Å².